The van der Waals surface area contributed by atoms with E-state index in [1.165, 1.54) is 18.3 Å². The summed E-state index contributed by atoms with van der Waals surface area (Å²) >= 11 is 0. The Labute approximate surface area is 136 Å². The highest BCUT2D eigenvalue weighted by Crippen LogP contribution is 2.34. The van der Waals surface area contributed by atoms with Gasteiger partial charge in [0.1, 0.15) is 5.82 Å². The number of benzene rings is 2. The molecule has 0 radical (unpaired) electrons. The van der Waals surface area contributed by atoms with E-state index in [1.807, 2.05) is 6.07 Å². The number of nitrogens with one attached hydrogen (secondary N) is 2. The number of aromatic nitrogens is 3. The second-order valence-electron chi connectivity index (χ2n) is 4.99. The lowest BCUT2D eigenvalue weighted by Crippen LogP contribution is -2.02. The van der Waals surface area contributed by atoms with Crippen molar-refractivity contribution in [2.75, 3.05) is 17.4 Å². The van der Waals surface area contributed by atoms with Crippen molar-refractivity contribution in [3.05, 3.63) is 54.5 Å². The third-order valence-electron chi connectivity index (χ3n) is 3.28. The van der Waals surface area contributed by atoms with Gasteiger partial charge in [-0.2, -0.15) is 10.1 Å². The predicted molar refractivity (Wildman–Crippen MR) is 85.4 cm³/mol. The first-order valence-corrected chi connectivity index (χ1v) is 7.15. The fourth-order valence-corrected chi connectivity index (χ4v) is 2.23. The van der Waals surface area contributed by atoms with Crippen molar-refractivity contribution in [3.8, 4) is 11.5 Å². The first-order valence-electron chi connectivity index (χ1n) is 7.15. The molecule has 4 rings (SSSR count). The third kappa shape index (κ3) is 3.02. The van der Waals surface area contributed by atoms with Crippen LogP contribution >= 0.6 is 0 Å². The molecule has 120 valence electrons. The normalized spacial score (nSPS) is 12.0. The zero-order valence-corrected chi connectivity index (χ0v) is 12.4. The van der Waals surface area contributed by atoms with Gasteiger partial charge in [-0.05, 0) is 30.3 Å². The van der Waals surface area contributed by atoms with E-state index >= 15 is 0 Å². The Balaban J connectivity index is 1.52. The lowest BCUT2D eigenvalue weighted by Gasteiger charge is -2.08. The Hall–Kier alpha value is -3.42. The van der Waals surface area contributed by atoms with E-state index < -0.39 is 0 Å². The van der Waals surface area contributed by atoms with Crippen molar-refractivity contribution in [1.82, 2.24) is 15.2 Å². The molecule has 2 N–H and O–H groups in total. The molecule has 0 saturated heterocycles. The summed E-state index contributed by atoms with van der Waals surface area (Å²) in [6.07, 6.45) is 1.45. The van der Waals surface area contributed by atoms with Crippen molar-refractivity contribution in [2.24, 2.45) is 0 Å². The molecule has 1 aliphatic heterocycles. The number of hydrogen-bond acceptors (Lipinski definition) is 7. The molecule has 0 bridgehead atoms. The van der Waals surface area contributed by atoms with Crippen LogP contribution in [0.15, 0.2) is 48.7 Å². The Kier molecular flexibility index (Phi) is 3.54. The fraction of sp³-hybridized carbons (Fsp3) is 0.0625. The fourth-order valence-electron chi connectivity index (χ4n) is 2.23. The summed E-state index contributed by atoms with van der Waals surface area (Å²) in [5, 5.41) is 13.8. The topological polar surface area (TPSA) is 81.2 Å². The van der Waals surface area contributed by atoms with Crippen molar-refractivity contribution < 1.29 is 13.9 Å². The number of hydrogen-bond donors (Lipinski definition) is 2. The van der Waals surface area contributed by atoms with Crippen LogP contribution in [0, 0.1) is 5.82 Å². The number of anilines is 4. The second-order valence-corrected chi connectivity index (χ2v) is 4.99. The highest BCUT2D eigenvalue weighted by molar-refractivity contribution is 5.62. The molecule has 2 aromatic carbocycles. The minimum absolute atomic E-state index is 0.212. The first-order chi connectivity index (χ1) is 11.8. The summed E-state index contributed by atoms with van der Waals surface area (Å²) in [5.74, 6) is 1.76. The highest BCUT2D eigenvalue weighted by atomic mass is 19.1. The minimum atomic E-state index is -0.333. The van der Waals surface area contributed by atoms with Crippen LogP contribution in [0.5, 0.6) is 11.5 Å². The van der Waals surface area contributed by atoms with Crippen LogP contribution in [0.3, 0.4) is 0 Å². The smallest absolute Gasteiger partial charge is 0.249 e. The highest BCUT2D eigenvalue weighted by Gasteiger charge is 2.13. The zero-order chi connectivity index (χ0) is 16.4. The van der Waals surface area contributed by atoms with Gasteiger partial charge in [-0.3, -0.25) is 0 Å². The monoisotopic (exact) mass is 325 g/mol. The molecule has 7 nitrogen and oxygen atoms in total. The Morgan fingerprint density at radius 3 is 2.75 bits per heavy atom. The van der Waals surface area contributed by atoms with E-state index in [1.54, 1.807) is 24.3 Å². The summed E-state index contributed by atoms with van der Waals surface area (Å²) in [7, 11) is 0. The molecule has 0 fully saturated rings. The maximum absolute atomic E-state index is 13.2. The van der Waals surface area contributed by atoms with Gasteiger partial charge in [0, 0.05) is 17.4 Å². The SMILES string of the molecule is Fc1cccc(Nc2cnnc(Nc3ccc4c(c3)OCO4)n2)c1. The van der Waals surface area contributed by atoms with Gasteiger partial charge >= 0.3 is 0 Å². The maximum atomic E-state index is 13.2. The van der Waals surface area contributed by atoms with E-state index in [2.05, 4.69) is 25.8 Å². The summed E-state index contributed by atoms with van der Waals surface area (Å²) in [4.78, 5) is 4.30. The lowest BCUT2D eigenvalue weighted by atomic mass is 10.3. The Bertz CT molecular complexity index is 890. The molecule has 3 aromatic rings. The molecular formula is C16H12FN5O2. The van der Waals surface area contributed by atoms with Gasteiger partial charge < -0.3 is 20.1 Å². The van der Waals surface area contributed by atoms with Crippen molar-refractivity contribution in [2.45, 2.75) is 0 Å². The molecule has 1 aromatic heterocycles. The minimum Gasteiger partial charge on any atom is -0.454 e. The van der Waals surface area contributed by atoms with Crippen LogP contribution in [0.4, 0.5) is 27.5 Å². The number of rotatable bonds is 4. The Morgan fingerprint density at radius 2 is 1.83 bits per heavy atom. The van der Waals surface area contributed by atoms with Gasteiger partial charge in [-0.15, -0.1) is 5.10 Å². The van der Waals surface area contributed by atoms with Crippen LogP contribution in [-0.2, 0) is 0 Å². The van der Waals surface area contributed by atoms with E-state index in [0.29, 0.717) is 29.0 Å². The molecule has 0 unspecified atom stereocenters. The number of halogens is 1. The molecular weight excluding hydrogens is 313 g/mol. The van der Waals surface area contributed by atoms with Crippen LogP contribution < -0.4 is 20.1 Å². The van der Waals surface area contributed by atoms with Gasteiger partial charge in [0.15, 0.2) is 17.3 Å². The first kappa shape index (κ1) is 14.2. The van der Waals surface area contributed by atoms with Gasteiger partial charge in [0.25, 0.3) is 0 Å². The van der Waals surface area contributed by atoms with Crippen LogP contribution in [0.2, 0.25) is 0 Å². The standard InChI is InChI=1S/C16H12FN5O2/c17-10-2-1-3-11(6-10)19-15-8-18-22-16(21-15)20-12-4-5-13-14(7-12)24-9-23-13/h1-8H,9H2,(H2,19,20,21,22). The van der Waals surface area contributed by atoms with Gasteiger partial charge in [0.2, 0.25) is 12.7 Å². The second kappa shape index (κ2) is 5.99. The summed E-state index contributed by atoms with van der Waals surface area (Å²) < 4.78 is 23.8. The number of fused-ring (bicyclic) bond motifs is 1. The van der Waals surface area contributed by atoms with Gasteiger partial charge in [-0.1, -0.05) is 6.07 Å². The van der Waals surface area contributed by atoms with Crippen LogP contribution in [-0.4, -0.2) is 22.0 Å². The summed E-state index contributed by atoms with van der Waals surface area (Å²) in [5.41, 5.74) is 1.31. The number of ether oxygens (including phenoxy) is 2. The van der Waals surface area contributed by atoms with E-state index in [-0.39, 0.29) is 12.6 Å². The zero-order valence-electron chi connectivity index (χ0n) is 12.4. The van der Waals surface area contributed by atoms with Crippen molar-refractivity contribution in [3.63, 3.8) is 0 Å². The Morgan fingerprint density at radius 1 is 0.958 bits per heavy atom. The molecule has 0 saturated carbocycles. The van der Waals surface area contributed by atoms with Crippen molar-refractivity contribution in [1.29, 1.82) is 0 Å². The van der Waals surface area contributed by atoms with Crippen LogP contribution in [0.1, 0.15) is 0 Å². The molecule has 2 heterocycles. The molecule has 0 atom stereocenters. The average molecular weight is 325 g/mol. The lowest BCUT2D eigenvalue weighted by molar-refractivity contribution is 0.174. The van der Waals surface area contributed by atoms with Crippen LogP contribution in [0.25, 0.3) is 0 Å². The van der Waals surface area contributed by atoms with E-state index in [9.17, 15) is 4.39 Å². The van der Waals surface area contributed by atoms with Crippen molar-refractivity contribution >= 4 is 23.1 Å². The maximum Gasteiger partial charge on any atom is 0.249 e. The quantitative estimate of drug-likeness (QED) is 0.762. The van der Waals surface area contributed by atoms with Gasteiger partial charge in [-0.25, -0.2) is 4.39 Å². The largest absolute Gasteiger partial charge is 0.454 e. The molecule has 0 spiro atoms. The third-order valence-corrected chi connectivity index (χ3v) is 3.28. The average Bonchev–Trinajstić information content (AvgIpc) is 3.03. The molecule has 0 amide bonds. The molecule has 8 heteroatoms. The van der Waals surface area contributed by atoms with E-state index in [0.717, 1.165) is 5.69 Å². The molecule has 24 heavy (non-hydrogen) atoms. The van der Waals surface area contributed by atoms with E-state index in [4.69, 9.17) is 9.47 Å². The molecule has 0 aliphatic carbocycles. The summed E-state index contributed by atoms with van der Waals surface area (Å²) in [6, 6.07) is 11.5. The number of nitrogens with zero attached hydrogens (tertiary/aromatic N) is 3. The summed E-state index contributed by atoms with van der Waals surface area (Å²) in [6.45, 7) is 0.212. The molecule has 1 aliphatic rings. The predicted octanol–water partition coefficient (Wildman–Crippen LogP) is 3.23. The van der Waals surface area contributed by atoms with Gasteiger partial charge in [0.05, 0.1) is 6.20 Å².